The van der Waals surface area contributed by atoms with Crippen LogP contribution in [-0.2, 0) is 30.3 Å². The topological polar surface area (TPSA) is 67.7 Å². The highest BCUT2D eigenvalue weighted by Crippen LogP contribution is 2.35. The van der Waals surface area contributed by atoms with Crippen molar-refractivity contribution in [2.75, 3.05) is 20.6 Å². The number of rotatable bonds is 5. The standard InChI is InChI=1S/C25H33F3N4O3/c1-7-19-29-20(22(33)30(5)6)21-18(13-10-16-8-11-17(12-9-16)25(26,27)28)31(14-15-32(19)21)23(34)35-24(2,3)4/h8-9,11-12,18H,7,10,13-15H2,1-6H3. The molecule has 1 aliphatic heterocycles. The molecular weight excluding hydrogens is 461 g/mol. The second-order valence-corrected chi connectivity index (χ2v) is 9.89. The third-order valence-corrected chi connectivity index (χ3v) is 5.88. The average molecular weight is 495 g/mol. The molecule has 0 bridgehead atoms. The van der Waals surface area contributed by atoms with Crippen LogP contribution in [0, 0.1) is 0 Å². The summed E-state index contributed by atoms with van der Waals surface area (Å²) >= 11 is 0. The molecule has 0 aliphatic carbocycles. The van der Waals surface area contributed by atoms with Crippen LogP contribution in [0.1, 0.15) is 73.3 Å². The Morgan fingerprint density at radius 2 is 1.74 bits per heavy atom. The van der Waals surface area contributed by atoms with Gasteiger partial charge in [-0.05, 0) is 51.3 Å². The summed E-state index contributed by atoms with van der Waals surface area (Å²) in [7, 11) is 3.29. The lowest BCUT2D eigenvalue weighted by Gasteiger charge is -2.38. The summed E-state index contributed by atoms with van der Waals surface area (Å²) in [6.45, 7) is 8.16. The van der Waals surface area contributed by atoms with E-state index in [1.54, 1.807) is 39.8 Å². The first-order valence-corrected chi connectivity index (χ1v) is 11.7. The molecule has 2 aromatic rings. The summed E-state index contributed by atoms with van der Waals surface area (Å²) < 4.78 is 46.5. The van der Waals surface area contributed by atoms with Gasteiger partial charge in [-0.2, -0.15) is 13.2 Å². The van der Waals surface area contributed by atoms with Crippen molar-refractivity contribution in [1.29, 1.82) is 0 Å². The molecule has 0 saturated heterocycles. The van der Waals surface area contributed by atoms with Crippen LogP contribution in [0.25, 0.3) is 0 Å². The fraction of sp³-hybridized carbons (Fsp3) is 0.560. The van der Waals surface area contributed by atoms with Crippen LogP contribution in [-0.4, -0.2) is 57.6 Å². The minimum atomic E-state index is -4.40. The van der Waals surface area contributed by atoms with Gasteiger partial charge in [0.1, 0.15) is 11.4 Å². The Kier molecular flexibility index (Phi) is 7.52. The molecule has 7 nitrogen and oxygen atoms in total. The molecule has 1 unspecified atom stereocenters. The van der Waals surface area contributed by atoms with Crippen LogP contribution in [0.5, 0.6) is 0 Å². The van der Waals surface area contributed by atoms with E-state index in [2.05, 4.69) is 4.98 Å². The number of halogens is 3. The molecule has 0 fully saturated rings. The van der Waals surface area contributed by atoms with Crippen molar-refractivity contribution in [3.8, 4) is 0 Å². The van der Waals surface area contributed by atoms with Crippen LogP contribution in [0.2, 0.25) is 0 Å². The Morgan fingerprint density at radius 1 is 1.11 bits per heavy atom. The largest absolute Gasteiger partial charge is 0.444 e. The first-order chi connectivity index (χ1) is 16.2. The molecule has 0 N–H and O–H groups in total. The summed E-state index contributed by atoms with van der Waals surface area (Å²) in [4.78, 5) is 33.8. The van der Waals surface area contributed by atoms with Gasteiger partial charge in [0.05, 0.1) is 17.3 Å². The van der Waals surface area contributed by atoms with E-state index in [1.807, 2.05) is 11.5 Å². The molecule has 1 aromatic carbocycles. The van der Waals surface area contributed by atoms with E-state index in [-0.39, 0.29) is 11.6 Å². The lowest BCUT2D eigenvalue weighted by molar-refractivity contribution is -0.137. The fourth-order valence-corrected chi connectivity index (χ4v) is 4.25. The van der Waals surface area contributed by atoms with Crippen LogP contribution >= 0.6 is 0 Å². The van der Waals surface area contributed by atoms with Crippen LogP contribution in [0.3, 0.4) is 0 Å². The number of aromatic nitrogens is 2. The number of aryl methyl sites for hydroxylation is 2. The SMILES string of the molecule is CCc1nc(C(=O)N(C)C)c2n1CCN(C(=O)OC(C)(C)C)C2CCc1ccc(C(F)(F)F)cc1. The molecule has 1 atom stereocenters. The molecule has 2 amide bonds. The molecule has 1 aromatic heterocycles. The maximum Gasteiger partial charge on any atom is 0.416 e. The van der Waals surface area contributed by atoms with Gasteiger partial charge >= 0.3 is 12.3 Å². The molecule has 35 heavy (non-hydrogen) atoms. The van der Waals surface area contributed by atoms with Crippen molar-refractivity contribution in [2.45, 2.75) is 71.3 Å². The van der Waals surface area contributed by atoms with Gasteiger partial charge in [-0.25, -0.2) is 9.78 Å². The molecule has 0 radical (unpaired) electrons. The Labute approximate surface area is 203 Å². The lowest BCUT2D eigenvalue weighted by Crippen LogP contribution is -2.45. The number of amides is 2. The van der Waals surface area contributed by atoms with Crippen LogP contribution in [0.4, 0.5) is 18.0 Å². The van der Waals surface area contributed by atoms with Crippen molar-refractivity contribution in [1.82, 2.24) is 19.4 Å². The number of fused-ring (bicyclic) bond motifs is 1. The second-order valence-electron chi connectivity index (χ2n) is 9.89. The van der Waals surface area contributed by atoms with Crippen molar-refractivity contribution in [3.05, 3.63) is 52.6 Å². The average Bonchev–Trinajstić information content (AvgIpc) is 3.14. The zero-order chi connectivity index (χ0) is 26.1. The highest BCUT2D eigenvalue weighted by molar-refractivity contribution is 5.93. The Balaban J connectivity index is 2.00. The molecule has 0 spiro atoms. The zero-order valence-electron chi connectivity index (χ0n) is 21.1. The van der Waals surface area contributed by atoms with E-state index in [9.17, 15) is 22.8 Å². The van der Waals surface area contributed by atoms with Gasteiger partial charge in [0.25, 0.3) is 5.91 Å². The first kappa shape index (κ1) is 26.6. The summed E-state index contributed by atoms with van der Waals surface area (Å²) in [5, 5.41) is 0. The number of hydrogen-bond acceptors (Lipinski definition) is 4. The smallest absolute Gasteiger partial charge is 0.416 e. The third-order valence-electron chi connectivity index (χ3n) is 5.88. The number of imidazole rings is 1. The first-order valence-electron chi connectivity index (χ1n) is 11.7. The van der Waals surface area contributed by atoms with Gasteiger partial charge in [-0.3, -0.25) is 9.69 Å². The highest BCUT2D eigenvalue weighted by atomic mass is 19.4. The normalized spacial score (nSPS) is 16.1. The number of nitrogens with zero attached hydrogens (tertiary/aromatic N) is 4. The van der Waals surface area contributed by atoms with Gasteiger partial charge in [-0.1, -0.05) is 19.1 Å². The number of ether oxygens (including phenoxy) is 1. The number of alkyl halides is 3. The number of hydrogen-bond donors (Lipinski definition) is 0. The van der Waals surface area contributed by atoms with Gasteiger partial charge in [-0.15, -0.1) is 0 Å². The molecule has 10 heteroatoms. The van der Waals surface area contributed by atoms with Gasteiger partial charge in [0.2, 0.25) is 0 Å². The predicted molar refractivity (Wildman–Crippen MR) is 125 cm³/mol. The maximum absolute atomic E-state index is 13.1. The van der Waals surface area contributed by atoms with Crippen molar-refractivity contribution in [3.63, 3.8) is 0 Å². The summed E-state index contributed by atoms with van der Waals surface area (Å²) in [6.07, 6.45) is -3.48. The summed E-state index contributed by atoms with van der Waals surface area (Å²) in [5.74, 6) is 0.493. The Hall–Kier alpha value is -3.04. The van der Waals surface area contributed by atoms with Crippen molar-refractivity contribution in [2.24, 2.45) is 0 Å². The minimum absolute atomic E-state index is 0.265. The number of carbonyl (C=O) groups is 2. The van der Waals surface area contributed by atoms with Gasteiger partial charge in [0.15, 0.2) is 5.69 Å². The Morgan fingerprint density at radius 3 is 2.26 bits per heavy atom. The number of benzene rings is 1. The summed E-state index contributed by atoms with van der Waals surface area (Å²) in [6, 6.07) is 4.49. The Bertz CT molecular complexity index is 1070. The van der Waals surface area contributed by atoms with Gasteiger partial charge < -0.3 is 14.2 Å². The van der Waals surface area contributed by atoms with E-state index in [4.69, 9.17) is 4.74 Å². The van der Waals surface area contributed by atoms with E-state index >= 15 is 0 Å². The molecular formula is C25H33F3N4O3. The summed E-state index contributed by atoms with van der Waals surface area (Å²) in [5.41, 5.74) is 0.222. The molecule has 3 rings (SSSR count). The molecule has 192 valence electrons. The van der Waals surface area contributed by atoms with E-state index in [0.29, 0.717) is 43.6 Å². The van der Waals surface area contributed by atoms with Crippen molar-refractivity contribution < 1.29 is 27.5 Å². The minimum Gasteiger partial charge on any atom is -0.444 e. The van der Waals surface area contributed by atoms with E-state index in [0.717, 1.165) is 18.0 Å². The maximum atomic E-state index is 13.1. The van der Waals surface area contributed by atoms with Crippen molar-refractivity contribution >= 4 is 12.0 Å². The van der Waals surface area contributed by atoms with E-state index in [1.165, 1.54) is 17.0 Å². The van der Waals surface area contributed by atoms with Crippen LogP contribution in [0.15, 0.2) is 24.3 Å². The van der Waals surface area contributed by atoms with Gasteiger partial charge in [0, 0.05) is 33.6 Å². The van der Waals surface area contributed by atoms with E-state index < -0.39 is 29.5 Å². The zero-order valence-corrected chi connectivity index (χ0v) is 21.1. The third kappa shape index (κ3) is 5.97. The fourth-order valence-electron chi connectivity index (χ4n) is 4.25. The van der Waals surface area contributed by atoms with Crippen LogP contribution < -0.4 is 0 Å². The number of carbonyl (C=O) groups excluding carboxylic acids is 2. The molecule has 2 heterocycles. The quantitative estimate of drug-likeness (QED) is 0.581. The second kappa shape index (κ2) is 9.91. The monoisotopic (exact) mass is 494 g/mol. The highest BCUT2D eigenvalue weighted by Gasteiger charge is 2.39. The lowest BCUT2D eigenvalue weighted by atomic mass is 9.97. The molecule has 0 saturated carbocycles. The predicted octanol–water partition coefficient (Wildman–Crippen LogP) is 5.09. The molecule has 1 aliphatic rings.